The van der Waals surface area contributed by atoms with Gasteiger partial charge in [0.25, 0.3) is 0 Å². The predicted octanol–water partition coefficient (Wildman–Crippen LogP) is 3.24. The van der Waals surface area contributed by atoms with Crippen molar-refractivity contribution in [2.45, 2.75) is 12.2 Å². The van der Waals surface area contributed by atoms with Crippen molar-refractivity contribution < 1.29 is 28.1 Å². The fourth-order valence-electron chi connectivity index (χ4n) is 2.30. The highest BCUT2D eigenvalue weighted by molar-refractivity contribution is 6.29. The number of rotatable bonds is 8. The summed E-state index contributed by atoms with van der Waals surface area (Å²) in [6.45, 7) is -0.852. The third-order valence-electron chi connectivity index (χ3n) is 3.72. The molecule has 0 radical (unpaired) electrons. The van der Waals surface area contributed by atoms with Crippen LogP contribution in [0.3, 0.4) is 0 Å². The summed E-state index contributed by atoms with van der Waals surface area (Å²) in [5, 5.41) is 24.0. The van der Waals surface area contributed by atoms with Gasteiger partial charge in [-0.1, -0.05) is 23.7 Å². The smallest absolute Gasteiger partial charge is 0.405 e. The van der Waals surface area contributed by atoms with Crippen LogP contribution in [0.25, 0.3) is 0 Å². The van der Waals surface area contributed by atoms with Crippen LogP contribution >= 0.6 is 11.6 Å². The molecule has 0 bridgehead atoms. The maximum Gasteiger partial charge on any atom is 0.416 e. The highest BCUT2D eigenvalue weighted by atomic mass is 35.5. The average Bonchev–Trinajstić information content (AvgIpc) is 2.71. The van der Waals surface area contributed by atoms with Gasteiger partial charge in [-0.05, 0) is 24.3 Å². The fraction of sp³-hybridized carbons (Fsp3) is 0.222. The molecular formula is C18H16ClF3N6O3. The van der Waals surface area contributed by atoms with E-state index in [1.807, 2.05) is 0 Å². The number of aromatic nitrogens is 4. The second-order valence-corrected chi connectivity index (χ2v) is 6.46. The Bertz CT molecular complexity index is 1040. The summed E-state index contributed by atoms with van der Waals surface area (Å²) in [4.78, 5) is 16.0. The molecule has 13 heteroatoms. The van der Waals surface area contributed by atoms with Crippen molar-refractivity contribution in [2.24, 2.45) is 0 Å². The Morgan fingerprint density at radius 3 is 2.35 bits per heavy atom. The van der Waals surface area contributed by atoms with Gasteiger partial charge in [0.15, 0.2) is 0 Å². The molecule has 0 saturated carbocycles. The largest absolute Gasteiger partial charge is 0.416 e. The van der Waals surface area contributed by atoms with E-state index < -0.39 is 31.0 Å². The van der Waals surface area contributed by atoms with E-state index in [-0.39, 0.29) is 34.6 Å². The average molecular weight is 457 g/mol. The summed E-state index contributed by atoms with van der Waals surface area (Å²) >= 11 is 5.82. The zero-order chi connectivity index (χ0) is 22.4. The molecule has 9 nitrogen and oxygen atoms in total. The Hall–Kier alpha value is -3.22. The van der Waals surface area contributed by atoms with Gasteiger partial charge in [0.2, 0.25) is 17.8 Å². The van der Waals surface area contributed by atoms with Crippen molar-refractivity contribution in [2.75, 3.05) is 23.8 Å². The molecule has 0 spiro atoms. The van der Waals surface area contributed by atoms with Gasteiger partial charge in [0, 0.05) is 11.8 Å². The first-order chi connectivity index (χ1) is 14.8. The first-order valence-corrected chi connectivity index (χ1v) is 9.13. The number of pyridine rings is 1. The summed E-state index contributed by atoms with van der Waals surface area (Å²) in [6, 6.07) is 8.01. The van der Waals surface area contributed by atoms with E-state index >= 15 is 0 Å². The van der Waals surface area contributed by atoms with Crippen LogP contribution in [0, 0.1) is 0 Å². The van der Waals surface area contributed by atoms with E-state index in [9.17, 15) is 23.4 Å². The standard InChI is InChI=1S/C18H16ClF3N6O3/c19-13-5-2-6-14(25-13)31-17-27-15(26-16(28-17)24-12(8-29)9-30)23-11-4-1-3-10(7-11)18(20,21)22/h1-7,12,29-30H,8-9H2,(H2,23,24,26,27,28). The fourth-order valence-corrected chi connectivity index (χ4v) is 2.45. The van der Waals surface area contributed by atoms with Crippen molar-refractivity contribution in [1.82, 2.24) is 19.9 Å². The molecule has 3 aromatic rings. The summed E-state index contributed by atoms with van der Waals surface area (Å²) in [5.74, 6) is -0.186. The van der Waals surface area contributed by atoms with Gasteiger partial charge < -0.3 is 25.6 Å². The maximum absolute atomic E-state index is 13.0. The third kappa shape index (κ3) is 6.38. The molecule has 4 N–H and O–H groups in total. The van der Waals surface area contributed by atoms with E-state index in [2.05, 4.69) is 30.6 Å². The summed E-state index contributed by atoms with van der Waals surface area (Å²) in [7, 11) is 0. The lowest BCUT2D eigenvalue weighted by Crippen LogP contribution is -2.29. The normalized spacial score (nSPS) is 11.5. The molecule has 3 rings (SSSR count). The van der Waals surface area contributed by atoms with Crippen LogP contribution in [0.5, 0.6) is 11.9 Å². The van der Waals surface area contributed by atoms with Gasteiger partial charge in [-0.2, -0.15) is 28.1 Å². The van der Waals surface area contributed by atoms with Gasteiger partial charge in [0.1, 0.15) is 5.15 Å². The van der Waals surface area contributed by atoms with E-state index in [0.29, 0.717) is 0 Å². The van der Waals surface area contributed by atoms with E-state index in [4.69, 9.17) is 16.3 Å². The first-order valence-electron chi connectivity index (χ1n) is 8.76. The van der Waals surface area contributed by atoms with Crippen molar-refractivity contribution in [3.8, 4) is 11.9 Å². The van der Waals surface area contributed by atoms with Gasteiger partial charge in [-0.3, -0.25) is 0 Å². The van der Waals surface area contributed by atoms with Crippen molar-refractivity contribution in [1.29, 1.82) is 0 Å². The highest BCUT2D eigenvalue weighted by Crippen LogP contribution is 2.31. The molecule has 0 aliphatic heterocycles. The van der Waals surface area contributed by atoms with E-state index in [1.165, 1.54) is 24.3 Å². The van der Waals surface area contributed by atoms with E-state index in [1.54, 1.807) is 6.07 Å². The van der Waals surface area contributed by atoms with Crippen molar-refractivity contribution in [3.05, 3.63) is 53.2 Å². The van der Waals surface area contributed by atoms with Gasteiger partial charge in [0.05, 0.1) is 24.8 Å². The Kier molecular flexibility index (Phi) is 7.05. The number of benzene rings is 1. The minimum absolute atomic E-state index is 0.0653. The molecule has 0 fully saturated rings. The van der Waals surface area contributed by atoms with Crippen LogP contribution in [0.15, 0.2) is 42.5 Å². The number of ether oxygens (including phenoxy) is 1. The van der Waals surface area contributed by atoms with Crippen LogP contribution in [0.1, 0.15) is 5.56 Å². The number of hydrogen-bond acceptors (Lipinski definition) is 9. The number of nitrogens with one attached hydrogen (secondary N) is 2. The Morgan fingerprint density at radius 1 is 0.968 bits per heavy atom. The third-order valence-corrected chi connectivity index (χ3v) is 3.93. The molecule has 0 amide bonds. The number of alkyl halides is 3. The quantitative estimate of drug-likeness (QED) is 0.378. The number of aliphatic hydroxyl groups excluding tert-OH is 2. The predicted molar refractivity (Wildman–Crippen MR) is 105 cm³/mol. The van der Waals surface area contributed by atoms with E-state index in [0.717, 1.165) is 12.1 Å². The van der Waals surface area contributed by atoms with Gasteiger partial charge in [-0.25, -0.2) is 4.98 Å². The highest BCUT2D eigenvalue weighted by Gasteiger charge is 2.30. The molecule has 2 aromatic heterocycles. The zero-order valence-electron chi connectivity index (χ0n) is 15.6. The second-order valence-electron chi connectivity index (χ2n) is 6.08. The van der Waals surface area contributed by atoms with Crippen LogP contribution in [0.4, 0.5) is 30.8 Å². The molecular weight excluding hydrogens is 441 g/mol. The molecule has 0 saturated heterocycles. The first kappa shape index (κ1) is 22.5. The molecule has 0 aliphatic rings. The zero-order valence-corrected chi connectivity index (χ0v) is 16.4. The molecule has 1 aromatic carbocycles. The van der Waals surface area contributed by atoms with Gasteiger partial charge >= 0.3 is 12.2 Å². The van der Waals surface area contributed by atoms with Crippen LogP contribution < -0.4 is 15.4 Å². The lowest BCUT2D eigenvalue weighted by molar-refractivity contribution is -0.137. The van der Waals surface area contributed by atoms with Crippen molar-refractivity contribution >= 4 is 29.2 Å². The van der Waals surface area contributed by atoms with Crippen LogP contribution in [-0.2, 0) is 6.18 Å². The molecule has 31 heavy (non-hydrogen) atoms. The number of halogens is 4. The minimum atomic E-state index is -4.52. The van der Waals surface area contributed by atoms with Crippen LogP contribution in [-0.4, -0.2) is 49.4 Å². The Morgan fingerprint density at radius 2 is 1.68 bits per heavy atom. The summed E-state index contributed by atoms with van der Waals surface area (Å²) in [6.07, 6.45) is -4.52. The maximum atomic E-state index is 13.0. The Balaban J connectivity index is 1.92. The molecule has 0 aliphatic carbocycles. The lowest BCUT2D eigenvalue weighted by atomic mass is 10.2. The topological polar surface area (TPSA) is 125 Å². The number of anilines is 3. The molecule has 164 valence electrons. The van der Waals surface area contributed by atoms with Crippen molar-refractivity contribution in [3.63, 3.8) is 0 Å². The SMILES string of the molecule is OCC(CO)Nc1nc(Nc2cccc(C(F)(F)F)c2)nc(Oc2cccc(Cl)n2)n1. The Labute approximate surface area is 178 Å². The van der Waals surface area contributed by atoms with Crippen LogP contribution in [0.2, 0.25) is 5.15 Å². The van der Waals surface area contributed by atoms with Gasteiger partial charge in [-0.15, -0.1) is 0 Å². The number of aliphatic hydroxyl groups is 2. The molecule has 0 atom stereocenters. The molecule has 2 heterocycles. The lowest BCUT2D eigenvalue weighted by Gasteiger charge is -2.15. The number of hydrogen-bond donors (Lipinski definition) is 4. The molecule has 0 unspecified atom stereocenters. The minimum Gasteiger partial charge on any atom is -0.405 e. The summed E-state index contributed by atoms with van der Waals surface area (Å²) < 4.78 is 44.4. The monoisotopic (exact) mass is 456 g/mol. The second kappa shape index (κ2) is 9.73. The summed E-state index contributed by atoms with van der Waals surface area (Å²) in [5.41, 5.74) is -0.787. The number of nitrogens with zero attached hydrogens (tertiary/aromatic N) is 4.